The lowest BCUT2D eigenvalue weighted by molar-refractivity contribution is -0.0541. The molecule has 2 rings (SSSR count). The van der Waals surface area contributed by atoms with Crippen molar-refractivity contribution in [1.82, 2.24) is 14.8 Å². The Morgan fingerprint density at radius 1 is 1.65 bits per heavy atom. The summed E-state index contributed by atoms with van der Waals surface area (Å²) in [5.74, 6) is -1.01. The van der Waals surface area contributed by atoms with Gasteiger partial charge in [0.15, 0.2) is 6.23 Å². The van der Waals surface area contributed by atoms with E-state index in [0.29, 0.717) is 0 Å². The van der Waals surface area contributed by atoms with Crippen LogP contribution in [-0.2, 0) is 21.1 Å². The Morgan fingerprint density at radius 3 is 2.90 bits per heavy atom. The number of thiol groups is 1. The summed E-state index contributed by atoms with van der Waals surface area (Å²) < 4.78 is 11.6. The molecule has 0 saturated carbocycles. The monoisotopic (exact) mass is 339 g/mol. The van der Waals surface area contributed by atoms with Crippen molar-refractivity contribution < 1.29 is 24.3 Å². The van der Waals surface area contributed by atoms with Gasteiger partial charge in [-0.25, -0.2) is 9.67 Å². The van der Waals surface area contributed by atoms with Crippen molar-refractivity contribution in [2.75, 3.05) is 6.61 Å². The minimum atomic E-state index is -1.31. The number of nitrogens with two attached hydrogens (primary N) is 1. The lowest BCUT2D eigenvalue weighted by Gasteiger charge is -2.13. The summed E-state index contributed by atoms with van der Waals surface area (Å²) in [6.07, 6.45) is -4.33. The molecule has 1 aliphatic rings. The van der Waals surface area contributed by atoms with E-state index >= 15 is 0 Å². The van der Waals surface area contributed by atoms with Gasteiger partial charge < -0.3 is 20.7 Å². The second-order valence-corrected chi connectivity index (χ2v) is 7.62. The quantitative estimate of drug-likeness (QED) is 0.385. The van der Waals surface area contributed by atoms with Crippen molar-refractivity contribution in [2.24, 2.45) is 5.73 Å². The molecule has 0 bridgehead atoms. The number of hydrogen-bond donors (Lipinski definition) is 4. The number of amides is 1. The van der Waals surface area contributed by atoms with Gasteiger partial charge >= 0.3 is 6.13 Å². The van der Waals surface area contributed by atoms with Gasteiger partial charge in [0.1, 0.15) is 43.5 Å². The molecule has 2 unspecified atom stereocenters. The third-order valence-electron chi connectivity index (χ3n) is 2.68. The second-order valence-electron chi connectivity index (χ2n) is 3.99. The molecular weight excluding hydrogens is 327 g/mol. The number of rotatable bonds is 5. The van der Waals surface area contributed by atoms with Crippen LogP contribution < -0.4 is 5.73 Å². The summed E-state index contributed by atoms with van der Waals surface area (Å²) in [7, 11) is 0. The molecule has 5 atom stereocenters. The lowest BCUT2D eigenvalue weighted by atomic mass is 10.1. The van der Waals surface area contributed by atoms with E-state index < -0.39 is 36.6 Å². The fourth-order valence-electron chi connectivity index (χ4n) is 1.73. The highest BCUT2D eigenvalue weighted by Crippen LogP contribution is 2.33. The molecule has 1 saturated heterocycles. The maximum Gasteiger partial charge on any atom is 0.411 e. The third kappa shape index (κ3) is 3.31. The van der Waals surface area contributed by atoms with Crippen LogP contribution in [0.1, 0.15) is 16.8 Å². The van der Waals surface area contributed by atoms with E-state index in [9.17, 15) is 15.0 Å². The molecule has 9 nitrogen and oxygen atoms in total. The van der Waals surface area contributed by atoms with E-state index in [1.807, 2.05) is 0 Å². The van der Waals surface area contributed by atoms with Crippen LogP contribution >= 0.6 is 18.4 Å². The molecule has 1 amide bonds. The minimum Gasteiger partial charge on any atom is -0.387 e. The van der Waals surface area contributed by atoms with Crippen molar-refractivity contribution in [3.8, 4) is 0 Å². The standard InChI is InChI=1S/C8H11N4O5PS2/c9-6(15)7-10-2-12(11-7)8-5(14)4(13)3(17-8)1-16-18(19)20/h2-5,8,13-14H,1H2,(H2-,9,15,19,20)/p+1/t3-,4+,5?,8-/m1/s1. The van der Waals surface area contributed by atoms with E-state index in [2.05, 4.69) is 22.3 Å². The number of hydrogen-bond acceptors (Lipinski definition) is 8. The number of aliphatic hydroxyl groups is 2. The zero-order chi connectivity index (χ0) is 14.9. The number of aromatic nitrogens is 3. The van der Waals surface area contributed by atoms with E-state index in [-0.39, 0.29) is 12.4 Å². The highest BCUT2D eigenvalue weighted by molar-refractivity contribution is 8.54. The smallest absolute Gasteiger partial charge is 0.387 e. The molecule has 1 aromatic rings. The minimum absolute atomic E-state index is 0.00912. The van der Waals surface area contributed by atoms with Gasteiger partial charge in [-0.15, -0.1) is 5.10 Å². The van der Waals surface area contributed by atoms with Gasteiger partial charge in [-0.1, -0.05) is 0 Å². The van der Waals surface area contributed by atoms with Crippen LogP contribution in [0.15, 0.2) is 6.33 Å². The molecule has 1 aliphatic heterocycles. The maximum atomic E-state index is 10.9. The molecule has 110 valence electrons. The van der Waals surface area contributed by atoms with Crippen molar-refractivity contribution in [1.29, 1.82) is 0 Å². The fraction of sp³-hybridized carbons (Fsp3) is 0.625. The van der Waals surface area contributed by atoms with Gasteiger partial charge in [0.05, 0.1) is 0 Å². The molecule has 20 heavy (non-hydrogen) atoms. The molecule has 0 radical (unpaired) electrons. The number of carbonyl (C=O) groups excluding carboxylic acids is 1. The van der Waals surface area contributed by atoms with Crippen LogP contribution in [0.2, 0.25) is 0 Å². The Hall–Kier alpha value is -0.680. The van der Waals surface area contributed by atoms with Crippen LogP contribution in [0.3, 0.4) is 0 Å². The molecule has 0 aliphatic carbocycles. The molecular formula is C8H12N4O5PS2+. The second kappa shape index (κ2) is 6.39. The Balaban J connectivity index is 2.08. The van der Waals surface area contributed by atoms with Gasteiger partial charge in [0.2, 0.25) is 17.6 Å². The first kappa shape index (κ1) is 15.7. The number of carbonyl (C=O) groups is 1. The van der Waals surface area contributed by atoms with E-state index in [1.54, 1.807) is 0 Å². The van der Waals surface area contributed by atoms with E-state index in [1.165, 1.54) is 6.33 Å². The lowest BCUT2D eigenvalue weighted by Crippen LogP contribution is -2.33. The number of aliphatic hydroxyl groups excluding tert-OH is 2. The van der Waals surface area contributed by atoms with Crippen LogP contribution in [0.5, 0.6) is 0 Å². The maximum absolute atomic E-state index is 10.9. The van der Waals surface area contributed by atoms with Crippen LogP contribution in [-0.4, -0.2) is 55.8 Å². The van der Waals surface area contributed by atoms with Crippen LogP contribution in [0, 0.1) is 0 Å². The fourth-order valence-corrected chi connectivity index (χ4v) is 2.39. The van der Waals surface area contributed by atoms with Crippen LogP contribution in [0.25, 0.3) is 0 Å². The van der Waals surface area contributed by atoms with Gasteiger partial charge in [0.25, 0.3) is 5.91 Å². The highest BCUT2D eigenvalue weighted by Gasteiger charge is 2.45. The Morgan fingerprint density at radius 2 is 2.35 bits per heavy atom. The Bertz CT molecular complexity index is 529. The first-order valence-corrected chi connectivity index (χ1v) is 8.84. The summed E-state index contributed by atoms with van der Waals surface area (Å²) in [6.45, 7) is -0.00912. The third-order valence-corrected chi connectivity index (χ3v) is 3.71. The van der Waals surface area contributed by atoms with Gasteiger partial charge in [0, 0.05) is 0 Å². The molecule has 1 fully saturated rings. The topological polar surface area (TPSA) is 133 Å². The van der Waals surface area contributed by atoms with Gasteiger partial charge in [-0.2, -0.15) is 4.52 Å². The van der Waals surface area contributed by atoms with E-state index in [0.717, 1.165) is 4.68 Å². The average molecular weight is 339 g/mol. The average Bonchev–Trinajstić information content (AvgIpc) is 2.95. The van der Waals surface area contributed by atoms with Gasteiger partial charge in [-0.05, 0) is 0 Å². The van der Waals surface area contributed by atoms with Crippen LogP contribution in [0.4, 0.5) is 0 Å². The SMILES string of the molecule is NC(=O)c1ncn([C@@H]2O[C@H](CO[P+](=S)S)[C@H](O)C2O)n1. The summed E-state index contributed by atoms with van der Waals surface area (Å²) in [6, 6.07) is 0. The number of nitrogens with zero attached hydrogens (tertiary/aromatic N) is 3. The largest absolute Gasteiger partial charge is 0.411 e. The normalized spacial score (nSPS) is 30.4. The Labute approximate surface area is 124 Å². The van der Waals surface area contributed by atoms with Crippen molar-refractivity contribution >= 4 is 36.1 Å². The first-order valence-electron chi connectivity index (χ1n) is 5.41. The summed E-state index contributed by atoms with van der Waals surface area (Å²) in [5.41, 5.74) is 5.03. The molecule has 12 heteroatoms. The predicted molar refractivity (Wildman–Crippen MR) is 73.7 cm³/mol. The van der Waals surface area contributed by atoms with Gasteiger partial charge in [-0.3, -0.25) is 4.79 Å². The van der Waals surface area contributed by atoms with Crippen molar-refractivity contribution in [3.05, 3.63) is 12.2 Å². The zero-order valence-electron chi connectivity index (χ0n) is 9.93. The number of primary amides is 1. The summed E-state index contributed by atoms with van der Waals surface area (Å²) in [4.78, 5) is 14.6. The van der Waals surface area contributed by atoms with E-state index in [4.69, 9.17) is 26.8 Å². The summed E-state index contributed by atoms with van der Waals surface area (Å²) in [5, 5.41) is 23.5. The first-order chi connectivity index (χ1) is 9.40. The molecule has 0 spiro atoms. The highest BCUT2D eigenvalue weighted by atomic mass is 32.9. The Kier molecular flexibility index (Phi) is 5.02. The molecule has 0 aromatic carbocycles. The van der Waals surface area contributed by atoms with Crippen molar-refractivity contribution in [2.45, 2.75) is 24.5 Å². The predicted octanol–water partition coefficient (Wildman–Crippen LogP) is -1.28. The van der Waals surface area contributed by atoms with Crippen molar-refractivity contribution in [3.63, 3.8) is 0 Å². The number of ether oxygens (including phenoxy) is 1. The molecule has 1 aromatic heterocycles. The summed E-state index contributed by atoms with van der Waals surface area (Å²) >= 11 is 8.68. The molecule has 4 N–H and O–H groups in total. The zero-order valence-corrected chi connectivity index (χ0v) is 12.5. The molecule has 2 heterocycles.